The second-order valence-electron chi connectivity index (χ2n) is 10.6. The lowest BCUT2D eigenvalue weighted by molar-refractivity contribution is 0.435. The third-order valence-electron chi connectivity index (χ3n) is 7.92. The molecule has 1 aliphatic carbocycles. The molecule has 1 saturated carbocycles. The predicted molar refractivity (Wildman–Crippen MR) is 150 cm³/mol. The number of anilines is 3. The molecule has 1 atom stereocenters. The second kappa shape index (κ2) is 10.9. The molecule has 188 valence electrons. The molecule has 6 nitrogen and oxygen atoms in total. The molecule has 3 fully saturated rings. The molecule has 0 bridgehead atoms. The molecule has 3 aliphatic rings. The Kier molecular flexibility index (Phi) is 7.63. The van der Waals surface area contributed by atoms with Crippen LogP contribution in [0, 0.1) is 5.92 Å². The van der Waals surface area contributed by atoms with Crippen LogP contribution in [0.2, 0.25) is 5.02 Å². The molecule has 8 heteroatoms. The average Bonchev–Trinajstić information content (AvgIpc) is 3.56. The molecular formula is C27H37ClN6S. The van der Waals surface area contributed by atoms with Gasteiger partial charge >= 0.3 is 0 Å². The Morgan fingerprint density at radius 1 is 1.03 bits per heavy atom. The van der Waals surface area contributed by atoms with E-state index in [9.17, 15) is 0 Å². The summed E-state index contributed by atoms with van der Waals surface area (Å²) in [5.74, 6) is 3.28. The van der Waals surface area contributed by atoms with Crippen LogP contribution in [0.4, 0.5) is 17.6 Å². The van der Waals surface area contributed by atoms with Crippen molar-refractivity contribution in [2.45, 2.75) is 63.7 Å². The topological polar surface area (TPSA) is 56.3 Å². The van der Waals surface area contributed by atoms with Gasteiger partial charge in [0.25, 0.3) is 0 Å². The van der Waals surface area contributed by atoms with Crippen LogP contribution in [0.3, 0.4) is 0 Å². The monoisotopic (exact) mass is 512 g/mol. The van der Waals surface area contributed by atoms with Gasteiger partial charge in [0.15, 0.2) is 5.11 Å². The number of piperidine rings is 1. The van der Waals surface area contributed by atoms with E-state index in [2.05, 4.69) is 51.6 Å². The summed E-state index contributed by atoms with van der Waals surface area (Å²) < 4.78 is 0. The van der Waals surface area contributed by atoms with Crippen molar-refractivity contribution >= 4 is 46.5 Å². The minimum atomic E-state index is 0.0595. The Morgan fingerprint density at radius 2 is 1.74 bits per heavy atom. The van der Waals surface area contributed by atoms with Crippen molar-refractivity contribution in [1.29, 1.82) is 0 Å². The number of rotatable bonds is 6. The van der Waals surface area contributed by atoms with E-state index in [1.807, 2.05) is 6.07 Å². The molecule has 1 aromatic carbocycles. The summed E-state index contributed by atoms with van der Waals surface area (Å²) in [6, 6.07) is 10.5. The van der Waals surface area contributed by atoms with Crippen LogP contribution in [0.1, 0.15) is 63.9 Å². The molecule has 1 aromatic heterocycles. The molecule has 35 heavy (non-hydrogen) atoms. The van der Waals surface area contributed by atoms with Crippen LogP contribution in [-0.2, 0) is 5.41 Å². The van der Waals surface area contributed by atoms with Gasteiger partial charge in [0.1, 0.15) is 11.6 Å². The summed E-state index contributed by atoms with van der Waals surface area (Å²) in [7, 11) is 0. The summed E-state index contributed by atoms with van der Waals surface area (Å²) in [4.78, 5) is 14.5. The molecule has 5 rings (SSSR count). The molecular weight excluding hydrogens is 476 g/mol. The van der Waals surface area contributed by atoms with Crippen LogP contribution in [0.15, 0.2) is 30.3 Å². The predicted octanol–water partition coefficient (Wildman–Crippen LogP) is 5.76. The van der Waals surface area contributed by atoms with Gasteiger partial charge in [-0.15, -0.1) is 0 Å². The largest absolute Gasteiger partial charge is 0.361 e. The maximum atomic E-state index is 6.33. The number of thiocarbonyl (C=S) groups is 1. The third kappa shape index (κ3) is 5.83. The zero-order valence-electron chi connectivity index (χ0n) is 20.7. The van der Waals surface area contributed by atoms with Gasteiger partial charge in [-0.3, -0.25) is 0 Å². The Morgan fingerprint density at radius 3 is 2.46 bits per heavy atom. The van der Waals surface area contributed by atoms with Crippen molar-refractivity contribution in [2.24, 2.45) is 5.92 Å². The van der Waals surface area contributed by atoms with Crippen molar-refractivity contribution < 1.29 is 0 Å². The second-order valence-corrected chi connectivity index (χ2v) is 11.4. The zero-order valence-corrected chi connectivity index (χ0v) is 22.3. The maximum absolute atomic E-state index is 6.33. The number of hydrogen-bond donors (Lipinski definition) is 2. The maximum Gasteiger partial charge on any atom is 0.232 e. The quantitative estimate of drug-likeness (QED) is 0.477. The Labute approximate surface area is 219 Å². The molecule has 0 amide bonds. The molecule has 3 heterocycles. The van der Waals surface area contributed by atoms with Crippen molar-refractivity contribution in [2.75, 3.05) is 47.8 Å². The first-order chi connectivity index (χ1) is 17.0. The van der Waals surface area contributed by atoms with Gasteiger partial charge in [-0.25, -0.2) is 0 Å². The lowest BCUT2D eigenvalue weighted by Gasteiger charge is -2.33. The van der Waals surface area contributed by atoms with Crippen LogP contribution >= 0.6 is 23.8 Å². The summed E-state index contributed by atoms with van der Waals surface area (Å²) in [6.45, 7) is 7.30. The highest BCUT2D eigenvalue weighted by Crippen LogP contribution is 2.41. The highest BCUT2D eigenvalue weighted by molar-refractivity contribution is 7.80. The Balaban J connectivity index is 1.31. The first-order valence-corrected chi connectivity index (χ1v) is 14.0. The van der Waals surface area contributed by atoms with Gasteiger partial charge in [0.05, 0.1) is 0 Å². The molecule has 2 aromatic rings. The summed E-state index contributed by atoms with van der Waals surface area (Å²) in [5.41, 5.74) is 1.36. The van der Waals surface area contributed by atoms with Gasteiger partial charge in [0, 0.05) is 49.2 Å². The van der Waals surface area contributed by atoms with E-state index < -0.39 is 0 Å². The third-order valence-corrected chi connectivity index (χ3v) is 8.40. The van der Waals surface area contributed by atoms with Gasteiger partial charge in [-0.05, 0) is 74.4 Å². The fraction of sp³-hybridized carbons (Fsp3) is 0.593. The van der Waals surface area contributed by atoms with Crippen LogP contribution in [0.5, 0.6) is 0 Å². The first-order valence-electron chi connectivity index (χ1n) is 13.2. The minimum absolute atomic E-state index is 0.0595. The van der Waals surface area contributed by atoms with E-state index in [1.54, 1.807) is 0 Å². The SMILES string of the molecule is CC1CCCN(c2cc(N3CCCC3)nc(NC(=S)NCC3(c4cccc(Cl)c4)CCCC3)n2)C1. The summed E-state index contributed by atoms with van der Waals surface area (Å²) in [6.07, 6.45) is 9.66. The number of hydrogen-bond acceptors (Lipinski definition) is 5. The number of benzene rings is 1. The molecule has 1 unspecified atom stereocenters. The number of nitrogens with zero attached hydrogens (tertiary/aromatic N) is 4. The molecule has 2 aliphatic heterocycles. The molecule has 0 radical (unpaired) electrons. The normalized spacial score (nSPS) is 21.8. The zero-order chi connectivity index (χ0) is 24.3. The number of aromatic nitrogens is 2. The van der Waals surface area contributed by atoms with Crippen molar-refractivity contribution in [1.82, 2.24) is 15.3 Å². The summed E-state index contributed by atoms with van der Waals surface area (Å²) >= 11 is 12.1. The smallest absolute Gasteiger partial charge is 0.232 e. The fourth-order valence-electron chi connectivity index (χ4n) is 5.98. The number of nitrogens with one attached hydrogen (secondary N) is 2. The van der Waals surface area contributed by atoms with Crippen LogP contribution in [0.25, 0.3) is 0 Å². The van der Waals surface area contributed by atoms with Crippen LogP contribution < -0.4 is 20.4 Å². The minimum Gasteiger partial charge on any atom is -0.361 e. The van der Waals surface area contributed by atoms with E-state index in [1.165, 1.54) is 44.1 Å². The molecule has 2 N–H and O–H groups in total. The molecule has 2 saturated heterocycles. The Bertz CT molecular complexity index is 1030. The van der Waals surface area contributed by atoms with Gasteiger partial charge in [0.2, 0.25) is 5.95 Å². The standard InChI is InChI=1S/C27H37ClN6S/c1-20-8-7-15-34(18-20)24-17-23(33-13-4-5-14-33)30-25(31-24)32-26(35)29-19-27(11-2-3-12-27)21-9-6-10-22(28)16-21/h6,9-10,16-17,20H,2-5,7-8,11-15,18-19H2,1H3,(H2,29,30,31,32,35). The van der Waals surface area contributed by atoms with Gasteiger partial charge < -0.3 is 20.4 Å². The number of halogens is 1. The van der Waals surface area contributed by atoms with Crippen LogP contribution in [-0.4, -0.2) is 47.8 Å². The Hall–Kier alpha value is -2.12. The highest BCUT2D eigenvalue weighted by atomic mass is 35.5. The van der Waals surface area contributed by atoms with E-state index >= 15 is 0 Å². The lowest BCUT2D eigenvalue weighted by Crippen LogP contribution is -2.41. The van der Waals surface area contributed by atoms with Crippen molar-refractivity contribution in [3.63, 3.8) is 0 Å². The highest BCUT2D eigenvalue weighted by Gasteiger charge is 2.36. The van der Waals surface area contributed by atoms with E-state index in [0.29, 0.717) is 17.0 Å². The first kappa shape index (κ1) is 24.6. The van der Waals surface area contributed by atoms with E-state index in [-0.39, 0.29) is 5.41 Å². The van der Waals surface area contributed by atoms with Crippen molar-refractivity contribution in [3.05, 3.63) is 40.9 Å². The lowest BCUT2D eigenvalue weighted by atomic mass is 9.79. The van der Waals surface area contributed by atoms with Gasteiger partial charge in [-0.2, -0.15) is 9.97 Å². The summed E-state index contributed by atoms with van der Waals surface area (Å²) in [5, 5.41) is 8.19. The van der Waals surface area contributed by atoms with E-state index in [4.69, 9.17) is 33.8 Å². The van der Waals surface area contributed by atoms with E-state index in [0.717, 1.165) is 62.2 Å². The van der Waals surface area contributed by atoms with Crippen molar-refractivity contribution in [3.8, 4) is 0 Å². The average molecular weight is 513 g/mol. The van der Waals surface area contributed by atoms with Gasteiger partial charge in [-0.1, -0.05) is 43.5 Å². The fourth-order valence-corrected chi connectivity index (χ4v) is 6.33. The molecule has 0 spiro atoms.